The van der Waals surface area contributed by atoms with Crippen LogP contribution in [-0.4, -0.2) is 102 Å². The summed E-state index contributed by atoms with van der Waals surface area (Å²) in [6, 6.07) is 15.7. The smallest absolute Gasteiger partial charge is 0.313 e. The van der Waals surface area contributed by atoms with Gasteiger partial charge < -0.3 is 34.2 Å². The van der Waals surface area contributed by atoms with E-state index in [0.717, 1.165) is 24.3 Å². The zero-order valence-electron chi connectivity index (χ0n) is 32.4. The van der Waals surface area contributed by atoms with E-state index in [1.54, 1.807) is 33.9 Å². The summed E-state index contributed by atoms with van der Waals surface area (Å²) in [5.74, 6) is -3.09. The van der Waals surface area contributed by atoms with Crippen LogP contribution in [0, 0.1) is 11.8 Å². The van der Waals surface area contributed by atoms with E-state index < -0.39 is 47.7 Å². The second-order valence-electron chi connectivity index (χ2n) is 14.6. The van der Waals surface area contributed by atoms with Gasteiger partial charge in [0.25, 0.3) is 5.91 Å². The number of benzene rings is 2. The number of rotatable bonds is 20. The molecule has 7 atom stereocenters. The number of nitrogens with zero attached hydrogens (tertiary/aromatic N) is 4. The number of carbonyl (C=O) groups excluding carboxylic acids is 4. The molecule has 3 fully saturated rings. The Morgan fingerprint density at radius 2 is 1.70 bits per heavy atom. The van der Waals surface area contributed by atoms with Crippen LogP contribution in [0.5, 0.6) is 0 Å². The zero-order chi connectivity index (χ0) is 39.0. The number of amides is 3. The normalized spacial score (nSPS) is 23.7. The summed E-state index contributed by atoms with van der Waals surface area (Å²) < 4.78 is 13.1. The van der Waals surface area contributed by atoms with E-state index in [2.05, 4.69) is 31.9 Å². The average molecular weight is 743 g/mol. The van der Waals surface area contributed by atoms with Crippen LogP contribution in [0.25, 0.3) is 0 Å². The van der Waals surface area contributed by atoms with Gasteiger partial charge in [0.2, 0.25) is 11.8 Å². The molecule has 0 saturated carbocycles. The Hall–Kier alpha value is -4.48. The summed E-state index contributed by atoms with van der Waals surface area (Å²) in [6.45, 7) is 15.9. The van der Waals surface area contributed by atoms with Crippen LogP contribution in [0.2, 0.25) is 0 Å². The number of aliphatic hydroxyl groups excluding tert-OH is 1. The molecule has 3 saturated heterocycles. The Morgan fingerprint density at radius 3 is 2.33 bits per heavy atom. The lowest BCUT2D eigenvalue weighted by Crippen LogP contribution is -2.56. The van der Waals surface area contributed by atoms with Crippen molar-refractivity contribution in [3.8, 4) is 0 Å². The number of hydrogen-bond donors (Lipinski definition) is 1. The van der Waals surface area contributed by atoms with Gasteiger partial charge in [-0.1, -0.05) is 42.5 Å². The maximum absolute atomic E-state index is 15.0. The molecule has 0 unspecified atom stereocenters. The van der Waals surface area contributed by atoms with E-state index in [4.69, 9.17) is 9.47 Å². The molecule has 3 amide bonds. The fraction of sp³-hybridized carbons (Fsp3) is 0.535. The molecule has 2 aromatic rings. The topological polar surface area (TPSA) is 120 Å². The number of likely N-dealkylation sites (N-methyl/N-ethyl adjacent to an activating group) is 1. The molecular formula is C43H58N4O7. The molecule has 2 bridgehead atoms. The molecule has 5 rings (SSSR count). The third kappa shape index (κ3) is 7.98. The third-order valence-corrected chi connectivity index (χ3v) is 11.6. The monoisotopic (exact) mass is 742 g/mol. The van der Waals surface area contributed by atoms with Crippen LogP contribution in [-0.2, 0) is 28.7 Å². The number of carbonyl (C=O) groups is 4. The molecule has 3 heterocycles. The molecule has 292 valence electrons. The lowest BCUT2D eigenvalue weighted by molar-refractivity contribution is -0.164. The van der Waals surface area contributed by atoms with E-state index in [1.165, 1.54) is 0 Å². The highest BCUT2D eigenvalue weighted by molar-refractivity contribution is 6.04. The van der Waals surface area contributed by atoms with Crippen molar-refractivity contribution in [2.24, 2.45) is 11.8 Å². The van der Waals surface area contributed by atoms with Crippen molar-refractivity contribution in [1.82, 2.24) is 9.80 Å². The summed E-state index contributed by atoms with van der Waals surface area (Å²) in [7, 11) is 1.70. The first kappa shape index (κ1) is 40.7. The molecule has 0 aromatic heterocycles. The molecule has 0 aliphatic carbocycles. The van der Waals surface area contributed by atoms with Crippen molar-refractivity contribution >= 4 is 35.1 Å². The van der Waals surface area contributed by atoms with Gasteiger partial charge in [-0.2, -0.15) is 0 Å². The summed E-state index contributed by atoms with van der Waals surface area (Å²) in [4.78, 5) is 64.3. The number of hydrogen-bond acceptors (Lipinski definition) is 8. The van der Waals surface area contributed by atoms with Gasteiger partial charge in [0.15, 0.2) is 0 Å². The highest BCUT2D eigenvalue weighted by Gasteiger charge is 2.75. The highest BCUT2D eigenvalue weighted by atomic mass is 16.6. The maximum atomic E-state index is 15.0. The number of fused-ring (bicyclic) bond motifs is 1. The number of likely N-dealkylation sites (tertiary alicyclic amines) is 1. The minimum atomic E-state index is -1.22. The fourth-order valence-corrected chi connectivity index (χ4v) is 8.67. The van der Waals surface area contributed by atoms with Crippen molar-refractivity contribution in [2.45, 2.75) is 95.6 Å². The Bertz CT molecular complexity index is 1630. The zero-order valence-corrected chi connectivity index (χ0v) is 32.4. The SMILES string of the molecule is C=CCCC(=O)N(C)[C@H](C)[C@H](OC(=O)[C@@H]1[C@H]2C(=O)N(CCCCCO)[C@H](C(=O)N(CC=C)c3ccc(N(CC)CC)cc3)[C@]23CC[C@H]1O3)c1ccccc1. The van der Waals surface area contributed by atoms with Crippen molar-refractivity contribution in [3.05, 3.63) is 85.5 Å². The Labute approximate surface area is 320 Å². The van der Waals surface area contributed by atoms with Crippen molar-refractivity contribution in [1.29, 1.82) is 0 Å². The van der Waals surface area contributed by atoms with E-state index in [0.29, 0.717) is 44.2 Å². The number of ether oxygens (including phenoxy) is 2. The number of anilines is 2. The number of allylic oxidation sites excluding steroid dienone is 1. The van der Waals surface area contributed by atoms with Gasteiger partial charge in [-0.15, -0.1) is 13.2 Å². The predicted octanol–water partition coefficient (Wildman–Crippen LogP) is 5.69. The maximum Gasteiger partial charge on any atom is 0.313 e. The lowest BCUT2D eigenvalue weighted by Gasteiger charge is -2.37. The Kier molecular flexibility index (Phi) is 13.7. The van der Waals surface area contributed by atoms with Crippen molar-refractivity contribution in [3.63, 3.8) is 0 Å². The lowest BCUT2D eigenvalue weighted by atomic mass is 9.70. The first-order chi connectivity index (χ1) is 26.1. The quantitative estimate of drug-likeness (QED) is 0.105. The van der Waals surface area contributed by atoms with Crippen LogP contribution in [0.1, 0.15) is 77.4 Å². The van der Waals surface area contributed by atoms with E-state index in [9.17, 15) is 24.3 Å². The molecule has 11 heteroatoms. The largest absolute Gasteiger partial charge is 0.455 e. The van der Waals surface area contributed by atoms with Crippen LogP contribution in [0.3, 0.4) is 0 Å². The molecule has 11 nitrogen and oxygen atoms in total. The Morgan fingerprint density at radius 1 is 1.02 bits per heavy atom. The number of aliphatic hydroxyl groups is 1. The molecule has 1 spiro atoms. The van der Waals surface area contributed by atoms with Crippen LogP contribution in [0.15, 0.2) is 79.9 Å². The van der Waals surface area contributed by atoms with Gasteiger partial charge in [-0.25, -0.2) is 0 Å². The summed E-state index contributed by atoms with van der Waals surface area (Å²) >= 11 is 0. The Balaban J connectivity index is 1.48. The summed E-state index contributed by atoms with van der Waals surface area (Å²) in [5.41, 5.74) is 1.23. The van der Waals surface area contributed by atoms with E-state index in [-0.39, 0.29) is 43.8 Å². The molecular weight excluding hydrogens is 684 g/mol. The summed E-state index contributed by atoms with van der Waals surface area (Å²) in [5, 5.41) is 9.45. The van der Waals surface area contributed by atoms with Gasteiger partial charge in [0.05, 0.1) is 24.0 Å². The predicted molar refractivity (Wildman–Crippen MR) is 210 cm³/mol. The van der Waals surface area contributed by atoms with Crippen LogP contribution >= 0.6 is 0 Å². The fourth-order valence-electron chi connectivity index (χ4n) is 8.67. The first-order valence-corrected chi connectivity index (χ1v) is 19.6. The van der Waals surface area contributed by atoms with Crippen LogP contribution in [0.4, 0.5) is 11.4 Å². The van der Waals surface area contributed by atoms with Crippen molar-refractivity contribution < 1.29 is 33.8 Å². The van der Waals surface area contributed by atoms with Gasteiger partial charge >= 0.3 is 5.97 Å². The van der Waals surface area contributed by atoms with E-state index in [1.807, 2.05) is 61.5 Å². The standard InChI is InChI=1S/C43H58N4O7/c1-7-11-20-35(49)44(6)30(5)38(31-18-14-12-15-19-31)53-42(52)36-34-25-26-43(54-34)37(36)40(50)47(28-16-13-17-29-48)39(43)41(51)46(27-8-2)33-23-21-32(22-24-33)45(9-3)10-4/h7-8,12,14-15,18-19,21-24,30,34,36-39,48H,1-2,9-11,13,16-17,20,25-29H2,3-6H3/t30-,34-,36+,37+,38+,39-,43+/m1/s1. The molecule has 54 heavy (non-hydrogen) atoms. The summed E-state index contributed by atoms with van der Waals surface area (Å²) in [6.07, 6.45) is 5.55. The minimum absolute atomic E-state index is 0.0359. The van der Waals surface area contributed by atoms with Gasteiger partial charge in [0, 0.05) is 57.6 Å². The van der Waals surface area contributed by atoms with Gasteiger partial charge in [-0.05, 0) is 89.1 Å². The van der Waals surface area contributed by atoms with Gasteiger partial charge in [0.1, 0.15) is 17.7 Å². The highest BCUT2D eigenvalue weighted by Crippen LogP contribution is 2.59. The number of unbranched alkanes of at least 4 members (excludes halogenated alkanes) is 2. The van der Waals surface area contributed by atoms with Gasteiger partial charge in [-0.3, -0.25) is 19.2 Å². The second-order valence-corrected chi connectivity index (χ2v) is 14.6. The number of esters is 1. The molecule has 0 radical (unpaired) electrons. The molecule has 3 aliphatic rings. The third-order valence-electron chi connectivity index (χ3n) is 11.6. The molecule has 1 N–H and O–H groups in total. The molecule has 3 aliphatic heterocycles. The van der Waals surface area contributed by atoms with Crippen LogP contribution < -0.4 is 9.80 Å². The van der Waals surface area contributed by atoms with E-state index >= 15 is 0 Å². The first-order valence-electron chi connectivity index (χ1n) is 19.6. The second kappa shape index (κ2) is 18.2. The average Bonchev–Trinajstić information content (AvgIpc) is 3.84. The molecule has 2 aromatic carbocycles. The van der Waals surface area contributed by atoms with Crippen molar-refractivity contribution in [2.75, 3.05) is 49.6 Å². The minimum Gasteiger partial charge on any atom is -0.455 e.